The third-order valence-corrected chi connectivity index (χ3v) is 3.18. The van der Waals surface area contributed by atoms with Gasteiger partial charge in [-0.15, -0.1) is 0 Å². The van der Waals surface area contributed by atoms with Crippen LogP contribution in [0.1, 0.15) is 12.7 Å². The normalized spacial score (nSPS) is 11.0. The highest BCUT2D eigenvalue weighted by Crippen LogP contribution is 2.09. The number of hydrogen-bond donors (Lipinski definition) is 2. The highest BCUT2D eigenvalue weighted by molar-refractivity contribution is 5.78. The lowest BCUT2D eigenvalue weighted by atomic mass is 10.2. The first kappa shape index (κ1) is 15.1. The van der Waals surface area contributed by atoms with E-state index < -0.39 is 5.82 Å². The van der Waals surface area contributed by atoms with Gasteiger partial charge in [-0.2, -0.15) is 0 Å². The van der Waals surface area contributed by atoms with E-state index in [2.05, 4.69) is 15.3 Å². The number of halogens is 1. The van der Waals surface area contributed by atoms with Gasteiger partial charge in [0.25, 0.3) is 5.56 Å². The summed E-state index contributed by atoms with van der Waals surface area (Å²) in [5.74, 6) is -0.135. The summed E-state index contributed by atoms with van der Waals surface area (Å²) < 4.78 is 13.1. The van der Waals surface area contributed by atoms with Crippen molar-refractivity contribution in [1.82, 2.24) is 20.2 Å². The third kappa shape index (κ3) is 3.63. The summed E-state index contributed by atoms with van der Waals surface area (Å²) in [6.07, 6.45) is 0. The van der Waals surface area contributed by atoms with Crippen molar-refractivity contribution < 1.29 is 9.18 Å². The maximum atomic E-state index is 13.1. The predicted molar refractivity (Wildman–Crippen MR) is 77.3 cm³/mol. The summed E-state index contributed by atoms with van der Waals surface area (Å²) in [5.41, 5.74) is 0.0524. The van der Waals surface area contributed by atoms with Crippen molar-refractivity contribution in [2.45, 2.75) is 13.5 Å². The highest BCUT2D eigenvalue weighted by Gasteiger charge is 2.11. The Balaban J connectivity index is 2.28. The first-order valence-corrected chi connectivity index (χ1v) is 6.65. The molecule has 2 N–H and O–H groups in total. The number of amides is 1. The summed E-state index contributed by atoms with van der Waals surface area (Å²) in [5, 5.41) is 2.76. The quantitative estimate of drug-likeness (QED) is 0.847. The van der Waals surface area contributed by atoms with Crippen LogP contribution in [0, 0.1) is 5.82 Å². The molecule has 1 aromatic carbocycles. The van der Waals surface area contributed by atoms with E-state index >= 15 is 0 Å². The zero-order chi connectivity index (χ0) is 15.4. The Morgan fingerprint density at radius 1 is 1.48 bits per heavy atom. The minimum atomic E-state index is -0.475. The molecule has 112 valence electrons. The van der Waals surface area contributed by atoms with Gasteiger partial charge in [0.2, 0.25) is 5.91 Å². The smallest absolute Gasteiger partial charge is 0.258 e. The Morgan fingerprint density at radius 3 is 2.90 bits per heavy atom. The Bertz CT molecular complexity index is 714. The maximum absolute atomic E-state index is 13.1. The van der Waals surface area contributed by atoms with Gasteiger partial charge in [-0.25, -0.2) is 9.37 Å². The summed E-state index contributed by atoms with van der Waals surface area (Å²) in [6, 6.07) is 3.90. The zero-order valence-corrected chi connectivity index (χ0v) is 11.9. The van der Waals surface area contributed by atoms with Crippen molar-refractivity contribution in [3.63, 3.8) is 0 Å². The Hall–Kier alpha value is -2.28. The molecule has 0 radical (unpaired) electrons. The van der Waals surface area contributed by atoms with E-state index in [1.165, 1.54) is 12.1 Å². The fraction of sp³-hybridized carbons (Fsp3) is 0.357. The molecule has 1 amide bonds. The van der Waals surface area contributed by atoms with Crippen LogP contribution < -0.4 is 10.9 Å². The number of benzene rings is 1. The standard InChI is InChI=1S/C14H17FN4O2/c1-3-19(8-13(20)16-2)7-12-17-11-5-4-9(15)6-10(11)14(21)18-12/h4-6H,3,7-8H2,1-2H3,(H,16,20)(H,17,18,21). The fourth-order valence-corrected chi connectivity index (χ4v) is 2.01. The third-order valence-electron chi connectivity index (χ3n) is 3.18. The molecule has 0 unspecified atom stereocenters. The predicted octanol–water partition coefficient (Wildman–Crippen LogP) is 0.630. The number of hydrogen-bond acceptors (Lipinski definition) is 4. The van der Waals surface area contributed by atoms with Gasteiger partial charge in [0, 0.05) is 7.05 Å². The number of aromatic amines is 1. The second-order valence-electron chi connectivity index (χ2n) is 4.65. The number of carbonyl (C=O) groups excluding carboxylic acids is 1. The monoisotopic (exact) mass is 292 g/mol. The van der Waals surface area contributed by atoms with Gasteiger partial charge in [-0.1, -0.05) is 6.92 Å². The molecule has 0 bridgehead atoms. The average Bonchev–Trinajstić information content (AvgIpc) is 2.47. The van der Waals surface area contributed by atoms with Gasteiger partial charge in [0.15, 0.2) is 0 Å². The van der Waals surface area contributed by atoms with E-state index in [0.29, 0.717) is 24.4 Å². The van der Waals surface area contributed by atoms with Gasteiger partial charge < -0.3 is 10.3 Å². The average molecular weight is 292 g/mol. The summed E-state index contributed by atoms with van der Waals surface area (Å²) in [6.45, 7) is 3.11. The molecule has 7 heteroatoms. The molecule has 0 aliphatic carbocycles. The van der Waals surface area contributed by atoms with E-state index in [-0.39, 0.29) is 23.4 Å². The lowest BCUT2D eigenvalue weighted by Gasteiger charge is -2.18. The van der Waals surface area contributed by atoms with E-state index in [9.17, 15) is 14.0 Å². The van der Waals surface area contributed by atoms with Crippen LogP contribution in [0.2, 0.25) is 0 Å². The Morgan fingerprint density at radius 2 is 2.24 bits per heavy atom. The van der Waals surface area contributed by atoms with E-state index in [1.54, 1.807) is 7.05 Å². The SMILES string of the molecule is CCN(CC(=O)NC)Cc1nc2ccc(F)cc2c(=O)[nH]1. The number of aromatic nitrogens is 2. The molecule has 2 aromatic rings. The molecular weight excluding hydrogens is 275 g/mol. The van der Waals surface area contributed by atoms with Crippen LogP contribution in [0.3, 0.4) is 0 Å². The topological polar surface area (TPSA) is 78.1 Å². The minimum absolute atomic E-state index is 0.109. The first-order chi connectivity index (χ1) is 10.0. The van der Waals surface area contributed by atoms with Crippen LogP contribution in [0.5, 0.6) is 0 Å². The van der Waals surface area contributed by atoms with Crippen molar-refractivity contribution in [3.8, 4) is 0 Å². The van der Waals surface area contributed by atoms with Crippen LogP contribution in [-0.2, 0) is 11.3 Å². The Labute approximate surface area is 121 Å². The second-order valence-corrected chi connectivity index (χ2v) is 4.65. The molecule has 0 fully saturated rings. The van der Waals surface area contributed by atoms with Crippen LogP contribution in [-0.4, -0.2) is 40.9 Å². The highest BCUT2D eigenvalue weighted by atomic mass is 19.1. The number of H-pyrrole nitrogens is 1. The number of nitrogens with one attached hydrogen (secondary N) is 2. The van der Waals surface area contributed by atoms with Gasteiger partial charge in [-0.05, 0) is 24.7 Å². The molecule has 0 aliphatic rings. The number of carbonyl (C=O) groups is 1. The van der Waals surface area contributed by atoms with Crippen molar-refractivity contribution in [1.29, 1.82) is 0 Å². The largest absolute Gasteiger partial charge is 0.358 e. The second kappa shape index (κ2) is 6.45. The summed E-state index contributed by atoms with van der Waals surface area (Å²) in [4.78, 5) is 32.1. The van der Waals surface area contributed by atoms with Crippen molar-refractivity contribution in [2.24, 2.45) is 0 Å². The number of fused-ring (bicyclic) bond motifs is 1. The molecule has 6 nitrogen and oxygen atoms in total. The number of nitrogens with zero attached hydrogens (tertiary/aromatic N) is 2. The van der Waals surface area contributed by atoms with Crippen LogP contribution in [0.25, 0.3) is 10.9 Å². The van der Waals surface area contributed by atoms with Gasteiger partial charge >= 0.3 is 0 Å². The van der Waals surface area contributed by atoms with Gasteiger partial charge in [-0.3, -0.25) is 14.5 Å². The van der Waals surface area contributed by atoms with Crippen molar-refractivity contribution in [3.05, 3.63) is 40.2 Å². The van der Waals surface area contributed by atoms with E-state index in [4.69, 9.17) is 0 Å². The molecule has 2 rings (SSSR count). The van der Waals surface area contributed by atoms with E-state index in [0.717, 1.165) is 6.07 Å². The first-order valence-electron chi connectivity index (χ1n) is 6.65. The summed E-state index contributed by atoms with van der Waals surface area (Å²) in [7, 11) is 1.57. The molecule has 0 aliphatic heterocycles. The molecule has 1 heterocycles. The van der Waals surface area contributed by atoms with Crippen molar-refractivity contribution in [2.75, 3.05) is 20.1 Å². The molecule has 0 atom stereocenters. The van der Waals surface area contributed by atoms with Crippen molar-refractivity contribution >= 4 is 16.8 Å². The van der Waals surface area contributed by atoms with Crippen LogP contribution in [0.15, 0.2) is 23.0 Å². The number of likely N-dealkylation sites (N-methyl/N-ethyl adjacent to an activating group) is 2. The summed E-state index contributed by atoms with van der Waals surface area (Å²) >= 11 is 0. The van der Waals surface area contributed by atoms with Crippen LogP contribution >= 0.6 is 0 Å². The fourth-order valence-electron chi connectivity index (χ4n) is 2.01. The number of rotatable bonds is 5. The van der Waals surface area contributed by atoms with E-state index in [1.807, 2.05) is 11.8 Å². The Kier molecular flexibility index (Phi) is 4.64. The van der Waals surface area contributed by atoms with Gasteiger partial charge in [0.1, 0.15) is 11.6 Å². The molecule has 0 saturated heterocycles. The zero-order valence-electron chi connectivity index (χ0n) is 11.9. The minimum Gasteiger partial charge on any atom is -0.358 e. The lowest BCUT2D eigenvalue weighted by molar-refractivity contribution is -0.121. The molecule has 1 aromatic heterocycles. The molecule has 0 saturated carbocycles. The van der Waals surface area contributed by atoms with Gasteiger partial charge in [0.05, 0.1) is 24.0 Å². The molecule has 21 heavy (non-hydrogen) atoms. The maximum Gasteiger partial charge on any atom is 0.258 e. The van der Waals surface area contributed by atoms with Crippen LogP contribution in [0.4, 0.5) is 4.39 Å². The molecule has 0 spiro atoms. The lowest BCUT2D eigenvalue weighted by Crippen LogP contribution is -2.35. The molecular formula is C14H17FN4O2.